The molecule has 2 amide bonds. The van der Waals surface area contributed by atoms with E-state index in [-0.39, 0.29) is 11.8 Å². The van der Waals surface area contributed by atoms with Crippen molar-refractivity contribution in [3.05, 3.63) is 34.1 Å². The molecule has 0 fully saturated rings. The molecule has 3 aromatic rings. The van der Waals surface area contributed by atoms with E-state index >= 15 is 0 Å². The Hall–Kier alpha value is -2.45. The Morgan fingerprint density at radius 3 is 2.65 bits per heavy atom. The van der Waals surface area contributed by atoms with Crippen molar-refractivity contribution in [2.75, 3.05) is 17.7 Å². The summed E-state index contributed by atoms with van der Waals surface area (Å²) in [6.45, 7) is 6.04. The van der Waals surface area contributed by atoms with Gasteiger partial charge in [0.05, 0.1) is 29.0 Å². The van der Waals surface area contributed by atoms with E-state index in [9.17, 15) is 4.79 Å². The third kappa shape index (κ3) is 3.71. The first-order valence-electron chi connectivity index (χ1n) is 7.92. The Balaban J connectivity index is 1.90. The van der Waals surface area contributed by atoms with Gasteiger partial charge in [0.1, 0.15) is 16.0 Å². The number of aryl methyl sites for hydroxylation is 1. The Morgan fingerprint density at radius 1 is 1.23 bits per heavy atom. The van der Waals surface area contributed by atoms with E-state index in [1.54, 1.807) is 12.3 Å². The van der Waals surface area contributed by atoms with Crippen molar-refractivity contribution in [1.82, 2.24) is 15.0 Å². The molecule has 9 heteroatoms. The van der Waals surface area contributed by atoms with Crippen LogP contribution in [0.1, 0.15) is 30.3 Å². The van der Waals surface area contributed by atoms with E-state index < -0.39 is 6.03 Å². The van der Waals surface area contributed by atoms with E-state index in [0.717, 1.165) is 20.9 Å². The summed E-state index contributed by atoms with van der Waals surface area (Å²) >= 11 is 7.48. The van der Waals surface area contributed by atoms with Gasteiger partial charge in [0.2, 0.25) is 5.88 Å². The van der Waals surface area contributed by atoms with E-state index in [2.05, 4.69) is 39.4 Å². The molecule has 3 aromatic heterocycles. The summed E-state index contributed by atoms with van der Waals surface area (Å²) in [6, 6.07) is 1.13. The molecule has 0 aliphatic heterocycles. The third-order valence-electron chi connectivity index (χ3n) is 3.66. The number of amides is 2. The summed E-state index contributed by atoms with van der Waals surface area (Å²) < 4.78 is 5.14. The molecule has 0 atom stereocenters. The lowest BCUT2D eigenvalue weighted by Crippen LogP contribution is -2.21. The molecule has 0 spiro atoms. The highest BCUT2D eigenvalue weighted by molar-refractivity contribution is 7.18. The van der Waals surface area contributed by atoms with Crippen molar-refractivity contribution in [1.29, 1.82) is 0 Å². The molecule has 3 heterocycles. The van der Waals surface area contributed by atoms with Crippen LogP contribution in [0.15, 0.2) is 18.5 Å². The number of fused-ring (bicyclic) bond motifs is 1. The predicted octanol–water partition coefficient (Wildman–Crippen LogP) is 4.82. The van der Waals surface area contributed by atoms with Crippen LogP contribution in [0.25, 0.3) is 10.3 Å². The monoisotopic (exact) mass is 391 g/mol. The standard InChI is InChI=1S/C17H18ClN5O2S/c1-8(2)13-12(7-20-16-14(13)21-9(3)26-16)23-17(24)22-11-5-10(18)6-19-15(11)25-4/h5-8H,1-4H3,(H2,22,23,24). The molecule has 0 unspecified atom stereocenters. The normalized spacial score (nSPS) is 11.0. The molecule has 2 N–H and O–H groups in total. The number of nitrogens with zero attached hydrogens (tertiary/aromatic N) is 3. The highest BCUT2D eigenvalue weighted by Gasteiger charge is 2.18. The smallest absolute Gasteiger partial charge is 0.323 e. The number of hydrogen-bond donors (Lipinski definition) is 2. The van der Waals surface area contributed by atoms with Gasteiger partial charge in [-0.3, -0.25) is 0 Å². The molecule has 7 nitrogen and oxygen atoms in total. The van der Waals surface area contributed by atoms with Crippen LogP contribution in [-0.2, 0) is 0 Å². The fourth-order valence-electron chi connectivity index (χ4n) is 2.64. The highest BCUT2D eigenvalue weighted by atomic mass is 35.5. The lowest BCUT2D eigenvalue weighted by Gasteiger charge is -2.15. The number of ether oxygens (including phenoxy) is 1. The van der Waals surface area contributed by atoms with Crippen molar-refractivity contribution in [2.24, 2.45) is 0 Å². The Bertz CT molecular complexity index is 973. The first-order chi connectivity index (χ1) is 12.4. The molecule has 3 rings (SSSR count). The summed E-state index contributed by atoms with van der Waals surface area (Å²) in [4.78, 5) is 26.3. The molecule has 0 saturated carbocycles. The minimum Gasteiger partial charge on any atom is -0.480 e. The summed E-state index contributed by atoms with van der Waals surface area (Å²) in [5.74, 6) is 0.442. The van der Waals surface area contributed by atoms with Gasteiger partial charge in [0.15, 0.2) is 0 Å². The molecule has 26 heavy (non-hydrogen) atoms. The second-order valence-corrected chi connectivity index (χ2v) is 7.53. The number of halogens is 1. The third-order valence-corrected chi connectivity index (χ3v) is 4.74. The molecule has 0 saturated heterocycles. The Kier molecular flexibility index (Phi) is 5.24. The highest BCUT2D eigenvalue weighted by Crippen LogP contribution is 2.33. The molecule has 0 radical (unpaired) electrons. The minimum atomic E-state index is -0.442. The molecule has 0 bridgehead atoms. The molecule has 0 aliphatic carbocycles. The van der Waals surface area contributed by atoms with Crippen molar-refractivity contribution in [3.63, 3.8) is 0 Å². The number of rotatable bonds is 4. The van der Waals surface area contributed by atoms with Gasteiger partial charge < -0.3 is 15.4 Å². The van der Waals surface area contributed by atoms with E-state index in [4.69, 9.17) is 16.3 Å². The quantitative estimate of drug-likeness (QED) is 0.665. The van der Waals surface area contributed by atoms with Crippen molar-refractivity contribution in [3.8, 4) is 5.88 Å². The van der Waals surface area contributed by atoms with Crippen LogP contribution in [0.4, 0.5) is 16.2 Å². The van der Waals surface area contributed by atoms with Gasteiger partial charge in [-0.05, 0) is 18.9 Å². The fourth-order valence-corrected chi connectivity index (χ4v) is 3.57. The number of urea groups is 1. The van der Waals surface area contributed by atoms with Crippen LogP contribution in [0.3, 0.4) is 0 Å². The largest absolute Gasteiger partial charge is 0.480 e. The average Bonchev–Trinajstić information content (AvgIpc) is 2.94. The van der Waals surface area contributed by atoms with Crippen molar-refractivity contribution >= 4 is 50.7 Å². The number of thiazole rings is 1. The lowest BCUT2D eigenvalue weighted by atomic mass is 10.0. The van der Waals surface area contributed by atoms with Crippen LogP contribution in [-0.4, -0.2) is 28.1 Å². The van der Waals surface area contributed by atoms with Gasteiger partial charge in [-0.25, -0.2) is 19.7 Å². The number of nitrogens with one attached hydrogen (secondary N) is 2. The van der Waals surface area contributed by atoms with Gasteiger partial charge in [0.25, 0.3) is 0 Å². The Morgan fingerprint density at radius 2 is 1.96 bits per heavy atom. The zero-order valence-corrected chi connectivity index (χ0v) is 16.3. The van der Waals surface area contributed by atoms with Gasteiger partial charge in [0, 0.05) is 11.8 Å². The Labute approximate surface area is 159 Å². The SMILES string of the molecule is COc1ncc(Cl)cc1NC(=O)Nc1cnc2sc(C)nc2c1C(C)C. The molecule has 0 aliphatic rings. The first kappa shape index (κ1) is 18.3. The molecular weight excluding hydrogens is 374 g/mol. The second kappa shape index (κ2) is 7.43. The zero-order chi connectivity index (χ0) is 18.8. The van der Waals surface area contributed by atoms with Crippen LogP contribution in [0.5, 0.6) is 5.88 Å². The van der Waals surface area contributed by atoms with E-state index in [1.165, 1.54) is 24.6 Å². The predicted molar refractivity (Wildman–Crippen MR) is 105 cm³/mol. The molecular formula is C17H18ClN5O2S. The summed E-state index contributed by atoms with van der Waals surface area (Å²) in [5.41, 5.74) is 2.76. The van der Waals surface area contributed by atoms with Gasteiger partial charge in [-0.1, -0.05) is 36.8 Å². The van der Waals surface area contributed by atoms with Crippen LogP contribution in [0.2, 0.25) is 5.02 Å². The minimum absolute atomic E-state index is 0.166. The maximum atomic E-state index is 12.5. The number of aromatic nitrogens is 3. The zero-order valence-electron chi connectivity index (χ0n) is 14.8. The van der Waals surface area contributed by atoms with E-state index in [1.807, 2.05) is 6.92 Å². The maximum Gasteiger partial charge on any atom is 0.323 e. The number of methoxy groups -OCH3 is 1. The average molecular weight is 392 g/mol. The molecule has 0 aromatic carbocycles. The number of hydrogen-bond acceptors (Lipinski definition) is 6. The summed E-state index contributed by atoms with van der Waals surface area (Å²) in [5, 5.41) is 6.87. The lowest BCUT2D eigenvalue weighted by molar-refractivity contribution is 0.262. The van der Waals surface area contributed by atoms with Gasteiger partial charge >= 0.3 is 6.03 Å². The number of anilines is 2. The van der Waals surface area contributed by atoms with Gasteiger partial charge in [-0.2, -0.15) is 0 Å². The fraction of sp³-hybridized carbons (Fsp3) is 0.294. The molecule has 136 valence electrons. The van der Waals surface area contributed by atoms with Crippen LogP contribution < -0.4 is 15.4 Å². The van der Waals surface area contributed by atoms with Crippen LogP contribution >= 0.6 is 22.9 Å². The van der Waals surface area contributed by atoms with Crippen molar-refractivity contribution < 1.29 is 9.53 Å². The summed E-state index contributed by atoms with van der Waals surface area (Å²) in [7, 11) is 1.47. The van der Waals surface area contributed by atoms with Crippen LogP contribution in [0, 0.1) is 6.92 Å². The number of pyridine rings is 2. The topological polar surface area (TPSA) is 89.0 Å². The van der Waals surface area contributed by atoms with Crippen molar-refractivity contribution in [2.45, 2.75) is 26.7 Å². The first-order valence-corrected chi connectivity index (χ1v) is 9.12. The maximum absolute atomic E-state index is 12.5. The van der Waals surface area contributed by atoms with E-state index in [0.29, 0.717) is 16.4 Å². The van der Waals surface area contributed by atoms with Gasteiger partial charge in [-0.15, -0.1) is 0 Å². The number of carbonyl (C=O) groups is 1. The summed E-state index contributed by atoms with van der Waals surface area (Å²) in [6.07, 6.45) is 3.10. The second-order valence-electron chi connectivity index (χ2n) is 5.92. The number of carbonyl (C=O) groups excluding carboxylic acids is 1.